The van der Waals surface area contributed by atoms with Crippen molar-refractivity contribution < 1.29 is 9.53 Å². The minimum atomic E-state index is -0.643. The number of carbonyl (C=O) groups is 1. The van der Waals surface area contributed by atoms with Crippen molar-refractivity contribution in [1.29, 1.82) is 0 Å². The summed E-state index contributed by atoms with van der Waals surface area (Å²) in [4.78, 5) is 33.6. The molecule has 33 heavy (non-hydrogen) atoms. The van der Waals surface area contributed by atoms with Crippen LogP contribution in [0.2, 0.25) is 5.02 Å². The topological polar surface area (TPSA) is 63.9 Å². The molecule has 0 bridgehead atoms. The molecule has 8 heteroatoms. The summed E-state index contributed by atoms with van der Waals surface area (Å²) >= 11 is 7.39. The minimum absolute atomic E-state index is 0.204. The van der Waals surface area contributed by atoms with Gasteiger partial charge >= 0.3 is 5.97 Å². The van der Waals surface area contributed by atoms with Crippen LogP contribution in [0.3, 0.4) is 0 Å². The summed E-state index contributed by atoms with van der Waals surface area (Å²) in [6, 6.07) is 14.4. The number of rotatable bonds is 5. The Morgan fingerprint density at radius 1 is 1.18 bits per heavy atom. The summed E-state index contributed by atoms with van der Waals surface area (Å²) in [5.41, 5.74) is 3.44. The first-order valence-electron chi connectivity index (χ1n) is 10.5. The van der Waals surface area contributed by atoms with Gasteiger partial charge < -0.3 is 9.64 Å². The SMILES string of the molecule is CCOC(=O)C1=C(C)N=c2s/c(=C/c3ccc(N(C)C)cc3)c(=O)n2[C@@H]1c1ccc(Cl)cc1. The van der Waals surface area contributed by atoms with Crippen molar-refractivity contribution in [2.24, 2.45) is 4.99 Å². The highest BCUT2D eigenvalue weighted by Gasteiger charge is 2.33. The molecule has 0 fully saturated rings. The van der Waals surface area contributed by atoms with Crippen molar-refractivity contribution in [2.75, 3.05) is 25.6 Å². The summed E-state index contributed by atoms with van der Waals surface area (Å²) in [5.74, 6) is -0.479. The van der Waals surface area contributed by atoms with Crippen molar-refractivity contribution >= 4 is 40.7 Å². The molecule has 0 amide bonds. The number of halogens is 1. The molecule has 1 aliphatic rings. The lowest BCUT2D eigenvalue weighted by atomic mass is 9.96. The third-order valence-electron chi connectivity index (χ3n) is 5.41. The molecule has 2 heterocycles. The number of benzene rings is 2. The second kappa shape index (κ2) is 9.37. The molecule has 1 atom stereocenters. The third-order valence-corrected chi connectivity index (χ3v) is 6.64. The van der Waals surface area contributed by atoms with Crippen LogP contribution in [0.4, 0.5) is 5.69 Å². The molecular formula is C25H24ClN3O3S. The zero-order valence-corrected chi connectivity index (χ0v) is 20.4. The van der Waals surface area contributed by atoms with E-state index in [2.05, 4.69) is 4.99 Å². The molecule has 0 aliphatic carbocycles. The van der Waals surface area contributed by atoms with E-state index in [1.807, 2.05) is 61.5 Å². The van der Waals surface area contributed by atoms with Crippen molar-refractivity contribution in [3.8, 4) is 0 Å². The summed E-state index contributed by atoms with van der Waals surface area (Å²) in [5, 5.41) is 0.575. The maximum atomic E-state index is 13.5. The van der Waals surface area contributed by atoms with E-state index >= 15 is 0 Å². The summed E-state index contributed by atoms with van der Waals surface area (Å²) in [7, 11) is 3.96. The van der Waals surface area contributed by atoms with E-state index in [1.54, 1.807) is 30.5 Å². The van der Waals surface area contributed by atoms with Gasteiger partial charge in [0.15, 0.2) is 4.80 Å². The molecule has 0 radical (unpaired) electrons. The maximum Gasteiger partial charge on any atom is 0.338 e. The predicted molar refractivity (Wildman–Crippen MR) is 133 cm³/mol. The zero-order valence-electron chi connectivity index (χ0n) is 18.8. The zero-order chi connectivity index (χ0) is 23.7. The Morgan fingerprint density at radius 3 is 2.45 bits per heavy atom. The van der Waals surface area contributed by atoms with Crippen LogP contribution in [-0.2, 0) is 9.53 Å². The lowest BCUT2D eigenvalue weighted by Crippen LogP contribution is -2.39. The van der Waals surface area contributed by atoms with Gasteiger partial charge in [-0.1, -0.05) is 47.2 Å². The molecule has 1 aliphatic heterocycles. The standard InChI is InChI=1S/C25H24ClN3O3S/c1-5-32-24(31)21-15(2)27-25-29(22(21)17-8-10-18(26)11-9-17)23(30)20(33-25)14-16-6-12-19(13-7-16)28(3)4/h6-14,22H,5H2,1-4H3/b20-14+/t22-/m1/s1. The number of fused-ring (bicyclic) bond motifs is 1. The highest BCUT2D eigenvalue weighted by atomic mass is 35.5. The number of hydrogen-bond acceptors (Lipinski definition) is 6. The first-order chi connectivity index (χ1) is 15.8. The third kappa shape index (κ3) is 4.51. The Labute approximate surface area is 200 Å². The van der Waals surface area contributed by atoms with Crippen LogP contribution in [0.25, 0.3) is 6.08 Å². The number of esters is 1. The lowest BCUT2D eigenvalue weighted by molar-refractivity contribution is -0.139. The molecule has 0 unspecified atom stereocenters. The highest BCUT2D eigenvalue weighted by Crippen LogP contribution is 2.31. The molecule has 4 rings (SSSR count). The fourth-order valence-corrected chi connectivity index (χ4v) is 4.94. The molecular weight excluding hydrogens is 458 g/mol. The van der Waals surface area contributed by atoms with Gasteiger partial charge in [0.25, 0.3) is 5.56 Å². The number of ether oxygens (including phenoxy) is 1. The van der Waals surface area contributed by atoms with Gasteiger partial charge in [0.2, 0.25) is 0 Å². The van der Waals surface area contributed by atoms with Crippen LogP contribution in [0.5, 0.6) is 0 Å². The van der Waals surface area contributed by atoms with Crippen molar-refractivity contribution in [2.45, 2.75) is 19.9 Å². The Bertz CT molecular complexity index is 1400. The summed E-state index contributed by atoms with van der Waals surface area (Å²) in [6.45, 7) is 3.75. The maximum absolute atomic E-state index is 13.5. The van der Waals surface area contributed by atoms with Crippen LogP contribution in [0.15, 0.2) is 69.6 Å². The largest absolute Gasteiger partial charge is 0.463 e. The van der Waals surface area contributed by atoms with Gasteiger partial charge in [0, 0.05) is 24.8 Å². The van der Waals surface area contributed by atoms with Crippen molar-refractivity contribution in [3.63, 3.8) is 0 Å². The fourth-order valence-electron chi connectivity index (χ4n) is 3.77. The van der Waals surface area contributed by atoms with Gasteiger partial charge in [-0.25, -0.2) is 9.79 Å². The first kappa shape index (κ1) is 23.0. The van der Waals surface area contributed by atoms with Crippen molar-refractivity contribution in [3.05, 3.63) is 95.6 Å². The highest BCUT2D eigenvalue weighted by molar-refractivity contribution is 7.07. The molecule has 0 saturated heterocycles. The molecule has 0 saturated carbocycles. The van der Waals surface area contributed by atoms with Gasteiger partial charge in [0.05, 0.1) is 28.5 Å². The van der Waals surface area contributed by atoms with E-state index in [4.69, 9.17) is 16.3 Å². The van der Waals surface area contributed by atoms with Crippen LogP contribution < -0.4 is 19.8 Å². The number of carbonyl (C=O) groups excluding carboxylic acids is 1. The smallest absolute Gasteiger partial charge is 0.338 e. The predicted octanol–water partition coefficient (Wildman–Crippen LogP) is 3.52. The average molecular weight is 482 g/mol. The molecule has 1 aromatic heterocycles. The van der Waals surface area contributed by atoms with Crippen LogP contribution in [0.1, 0.15) is 31.0 Å². The Kier molecular flexibility index (Phi) is 6.54. The Morgan fingerprint density at radius 2 is 1.85 bits per heavy atom. The van der Waals surface area contributed by atoms with Crippen LogP contribution >= 0.6 is 22.9 Å². The summed E-state index contributed by atoms with van der Waals surface area (Å²) < 4.78 is 7.43. The van der Waals surface area contributed by atoms with Crippen LogP contribution in [0, 0.1) is 0 Å². The molecule has 2 aromatic carbocycles. The van der Waals surface area contributed by atoms with Gasteiger partial charge in [-0.3, -0.25) is 9.36 Å². The first-order valence-corrected chi connectivity index (χ1v) is 11.7. The van der Waals surface area contributed by atoms with E-state index in [9.17, 15) is 9.59 Å². The Balaban J connectivity index is 1.90. The van der Waals surface area contributed by atoms with Gasteiger partial charge in [0.1, 0.15) is 0 Å². The second-order valence-electron chi connectivity index (χ2n) is 7.84. The van der Waals surface area contributed by atoms with E-state index in [0.717, 1.165) is 16.8 Å². The number of anilines is 1. The lowest BCUT2D eigenvalue weighted by Gasteiger charge is -2.24. The average Bonchev–Trinajstić information content (AvgIpc) is 3.08. The van der Waals surface area contributed by atoms with Gasteiger partial charge in [-0.15, -0.1) is 0 Å². The number of allylic oxidation sites excluding steroid dienone is 1. The van der Waals surface area contributed by atoms with Gasteiger partial charge in [-0.05, 0) is 55.3 Å². The fraction of sp³-hybridized carbons (Fsp3) is 0.240. The Hall–Kier alpha value is -3.16. The number of aromatic nitrogens is 1. The second-order valence-corrected chi connectivity index (χ2v) is 9.29. The van der Waals surface area contributed by atoms with E-state index in [-0.39, 0.29) is 12.2 Å². The monoisotopic (exact) mass is 481 g/mol. The molecule has 3 aromatic rings. The number of thiazole rings is 1. The van der Waals surface area contributed by atoms with E-state index in [0.29, 0.717) is 25.6 Å². The van der Waals surface area contributed by atoms with E-state index < -0.39 is 12.0 Å². The van der Waals surface area contributed by atoms with Crippen LogP contribution in [-0.4, -0.2) is 31.2 Å². The van der Waals surface area contributed by atoms with E-state index in [1.165, 1.54) is 11.3 Å². The summed E-state index contributed by atoms with van der Waals surface area (Å²) in [6.07, 6.45) is 1.85. The van der Waals surface area contributed by atoms with Crippen molar-refractivity contribution in [1.82, 2.24) is 4.57 Å². The normalized spacial score (nSPS) is 15.8. The quantitative estimate of drug-likeness (QED) is 0.523. The molecule has 170 valence electrons. The molecule has 0 spiro atoms. The minimum Gasteiger partial charge on any atom is -0.463 e. The number of hydrogen-bond donors (Lipinski definition) is 0. The number of nitrogens with zero attached hydrogens (tertiary/aromatic N) is 3. The molecule has 6 nitrogen and oxygen atoms in total. The van der Waals surface area contributed by atoms with Gasteiger partial charge in [-0.2, -0.15) is 0 Å². The molecule has 0 N–H and O–H groups in total.